The van der Waals surface area contributed by atoms with Crippen molar-refractivity contribution in [3.8, 4) is 5.75 Å². The molecule has 1 aliphatic rings. The Balaban J connectivity index is 2.04. The molecule has 0 aromatic heterocycles. The molecule has 1 saturated carbocycles. The van der Waals surface area contributed by atoms with Gasteiger partial charge in [0, 0.05) is 6.04 Å². The van der Waals surface area contributed by atoms with E-state index in [1.54, 1.807) is 0 Å². The maximum atomic E-state index is 12.0. The van der Waals surface area contributed by atoms with E-state index in [1.165, 1.54) is 5.56 Å². The van der Waals surface area contributed by atoms with Gasteiger partial charge >= 0.3 is 0 Å². The number of benzene rings is 1. The summed E-state index contributed by atoms with van der Waals surface area (Å²) in [6.07, 6.45) is 2.51. The van der Waals surface area contributed by atoms with Crippen molar-refractivity contribution in [1.29, 1.82) is 0 Å². The summed E-state index contributed by atoms with van der Waals surface area (Å²) in [6, 6.07) is 6.32. The molecule has 0 spiro atoms. The van der Waals surface area contributed by atoms with Crippen LogP contribution < -0.4 is 10.1 Å². The second-order valence-corrected chi connectivity index (χ2v) is 5.00. The highest BCUT2D eigenvalue weighted by atomic mass is 16.5. The number of rotatable bonds is 5. The van der Waals surface area contributed by atoms with Crippen LogP contribution >= 0.6 is 0 Å². The van der Waals surface area contributed by atoms with Crippen molar-refractivity contribution in [2.75, 3.05) is 0 Å². The van der Waals surface area contributed by atoms with Crippen LogP contribution in [-0.4, -0.2) is 18.1 Å². The van der Waals surface area contributed by atoms with Gasteiger partial charge in [-0.3, -0.25) is 4.79 Å². The van der Waals surface area contributed by atoms with Gasteiger partial charge in [0.15, 0.2) is 6.10 Å². The summed E-state index contributed by atoms with van der Waals surface area (Å²) in [6.45, 7) is 6.05. The molecule has 1 aliphatic carbocycles. The third kappa shape index (κ3) is 3.03. The molecule has 1 N–H and O–H groups in total. The fraction of sp³-hybridized carbons (Fsp3) is 0.533. The first kappa shape index (κ1) is 12.9. The van der Waals surface area contributed by atoms with Crippen molar-refractivity contribution in [1.82, 2.24) is 5.32 Å². The molecule has 3 nitrogen and oxygen atoms in total. The molecule has 1 aromatic rings. The topological polar surface area (TPSA) is 38.3 Å². The minimum absolute atomic E-state index is 0.0147. The number of nitrogens with one attached hydrogen (secondary N) is 1. The van der Waals surface area contributed by atoms with Crippen LogP contribution in [0.25, 0.3) is 0 Å². The van der Waals surface area contributed by atoms with Crippen molar-refractivity contribution in [2.24, 2.45) is 0 Å². The maximum Gasteiger partial charge on any atom is 0.261 e. The molecule has 0 saturated heterocycles. The molecule has 1 atom stereocenters. The van der Waals surface area contributed by atoms with E-state index in [2.05, 4.69) is 5.32 Å². The Morgan fingerprint density at radius 1 is 1.44 bits per heavy atom. The Morgan fingerprint density at radius 2 is 2.17 bits per heavy atom. The largest absolute Gasteiger partial charge is 0.480 e. The fourth-order valence-electron chi connectivity index (χ4n) is 1.85. The van der Waals surface area contributed by atoms with Crippen LogP contribution in [0, 0.1) is 13.8 Å². The minimum atomic E-state index is -0.383. The standard InChI is InChI=1S/C15H21NO2/c1-4-13(15(17)16-12-8-9-12)18-14-7-5-6-10(2)11(14)3/h5-7,12-13H,4,8-9H2,1-3H3,(H,16,17)/t13-/m1/s1. The van der Waals surface area contributed by atoms with Crippen molar-refractivity contribution in [2.45, 2.75) is 52.2 Å². The zero-order chi connectivity index (χ0) is 13.1. The molecular formula is C15H21NO2. The Morgan fingerprint density at radius 3 is 2.78 bits per heavy atom. The van der Waals surface area contributed by atoms with Gasteiger partial charge in [-0.1, -0.05) is 19.1 Å². The molecular weight excluding hydrogens is 226 g/mol. The number of aryl methyl sites for hydroxylation is 1. The zero-order valence-electron chi connectivity index (χ0n) is 11.3. The maximum absolute atomic E-state index is 12.0. The monoisotopic (exact) mass is 247 g/mol. The SMILES string of the molecule is CC[C@@H](Oc1cccc(C)c1C)C(=O)NC1CC1. The molecule has 2 rings (SSSR count). The highest BCUT2D eigenvalue weighted by Crippen LogP contribution is 2.23. The Bertz CT molecular complexity index is 438. The zero-order valence-corrected chi connectivity index (χ0v) is 11.3. The van der Waals surface area contributed by atoms with Gasteiger partial charge in [-0.05, 0) is 50.3 Å². The van der Waals surface area contributed by atoms with Crippen LogP contribution in [0.5, 0.6) is 5.75 Å². The summed E-state index contributed by atoms with van der Waals surface area (Å²) in [5.74, 6) is 0.828. The molecule has 18 heavy (non-hydrogen) atoms. The third-order valence-electron chi connectivity index (χ3n) is 3.41. The van der Waals surface area contributed by atoms with Crippen LogP contribution in [-0.2, 0) is 4.79 Å². The minimum Gasteiger partial charge on any atom is -0.480 e. The number of hydrogen-bond acceptors (Lipinski definition) is 2. The first-order valence-electron chi connectivity index (χ1n) is 6.65. The number of carbonyl (C=O) groups excluding carboxylic acids is 1. The summed E-state index contributed by atoms with van der Waals surface area (Å²) < 4.78 is 5.85. The normalized spacial score (nSPS) is 16.2. The summed E-state index contributed by atoms with van der Waals surface area (Å²) in [7, 11) is 0. The average Bonchev–Trinajstić information content (AvgIpc) is 3.14. The molecule has 0 unspecified atom stereocenters. The van der Waals surface area contributed by atoms with E-state index in [-0.39, 0.29) is 12.0 Å². The van der Waals surface area contributed by atoms with E-state index in [0.29, 0.717) is 12.5 Å². The summed E-state index contributed by atoms with van der Waals surface area (Å²) in [5, 5.41) is 3.00. The van der Waals surface area contributed by atoms with E-state index in [4.69, 9.17) is 4.74 Å². The second kappa shape index (κ2) is 5.42. The Kier molecular flexibility index (Phi) is 3.90. The molecule has 1 amide bonds. The van der Waals surface area contributed by atoms with Gasteiger partial charge in [-0.25, -0.2) is 0 Å². The Hall–Kier alpha value is -1.51. The number of ether oxygens (including phenoxy) is 1. The predicted molar refractivity (Wildman–Crippen MR) is 71.8 cm³/mol. The predicted octanol–water partition coefficient (Wildman–Crippen LogP) is 2.74. The summed E-state index contributed by atoms with van der Waals surface area (Å²) in [4.78, 5) is 12.0. The molecule has 1 fully saturated rings. The van der Waals surface area contributed by atoms with Gasteiger partial charge < -0.3 is 10.1 Å². The van der Waals surface area contributed by atoms with E-state index in [9.17, 15) is 4.79 Å². The van der Waals surface area contributed by atoms with E-state index >= 15 is 0 Å². The Labute approximate surface area is 109 Å². The lowest BCUT2D eigenvalue weighted by molar-refractivity contribution is -0.128. The third-order valence-corrected chi connectivity index (χ3v) is 3.41. The molecule has 98 valence electrons. The number of carbonyl (C=O) groups is 1. The van der Waals surface area contributed by atoms with Gasteiger partial charge in [0.25, 0.3) is 5.91 Å². The van der Waals surface area contributed by atoms with Crippen LogP contribution in [0.1, 0.15) is 37.3 Å². The lowest BCUT2D eigenvalue weighted by Gasteiger charge is -2.19. The van der Waals surface area contributed by atoms with Gasteiger partial charge in [-0.2, -0.15) is 0 Å². The molecule has 0 radical (unpaired) electrons. The van der Waals surface area contributed by atoms with Crippen molar-refractivity contribution < 1.29 is 9.53 Å². The molecule has 0 heterocycles. The van der Waals surface area contributed by atoms with Crippen molar-refractivity contribution in [3.05, 3.63) is 29.3 Å². The fourth-order valence-corrected chi connectivity index (χ4v) is 1.85. The average molecular weight is 247 g/mol. The first-order chi connectivity index (χ1) is 8.61. The number of hydrogen-bond donors (Lipinski definition) is 1. The number of amides is 1. The van der Waals surface area contributed by atoms with E-state index in [0.717, 1.165) is 24.2 Å². The molecule has 3 heteroatoms. The van der Waals surface area contributed by atoms with Gasteiger partial charge in [0.1, 0.15) is 5.75 Å². The lowest BCUT2D eigenvalue weighted by Crippen LogP contribution is -2.39. The molecule has 1 aromatic carbocycles. The first-order valence-corrected chi connectivity index (χ1v) is 6.65. The highest BCUT2D eigenvalue weighted by molar-refractivity contribution is 5.81. The lowest BCUT2D eigenvalue weighted by atomic mass is 10.1. The van der Waals surface area contributed by atoms with Crippen LogP contribution in [0.3, 0.4) is 0 Å². The summed E-state index contributed by atoms with van der Waals surface area (Å²) >= 11 is 0. The van der Waals surface area contributed by atoms with Gasteiger partial charge in [-0.15, -0.1) is 0 Å². The van der Waals surface area contributed by atoms with Crippen LogP contribution in [0.15, 0.2) is 18.2 Å². The second-order valence-electron chi connectivity index (χ2n) is 5.00. The smallest absolute Gasteiger partial charge is 0.261 e. The highest BCUT2D eigenvalue weighted by Gasteiger charge is 2.27. The van der Waals surface area contributed by atoms with Gasteiger partial charge in [0.2, 0.25) is 0 Å². The van der Waals surface area contributed by atoms with Crippen LogP contribution in [0.2, 0.25) is 0 Å². The summed E-state index contributed by atoms with van der Waals surface area (Å²) in [5.41, 5.74) is 2.29. The molecule has 0 bridgehead atoms. The van der Waals surface area contributed by atoms with Crippen LogP contribution in [0.4, 0.5) is 0 Å². The van der Waals surface area contributed by atoms with Gasteiger partial charge in [0.05, 0.1) is 0 Å². The van der Waals surface area contributed by atoms with Crippen molar-refractivity contribution in [3.63, 3.8) is 0 Å². The van der Waals surface area contributed by atoms with Crippen molar-refractivity contribution >= 4 is 5.91 Å². The van der Waals surface area contributed by atoms with E-state index in [1.807, 2.05) is 39.0 Å². The quantitative estimate of drug-likeness (QED) is 0.868. The molecule has 0 aliphatic heterocycles. The van der Waals surface area contributed by atoms with E-state index < -0.39 is 0 Å².